The molecule has 6 aromatic heterocycles. The van der Waals surface area contributed by atoms with Crippen molar-refractivity contribution in [3.8, 4) is 57.2 Å². The molecule has 0 atom stereocenters. The third-order valence-electron chi connectivity index (χ3n) is 17.3. The molecule has 1 aliphatic heterocycles. The summed E-state index contributed by atoms with van der Waals surface area (Å²) in [5.74, 6) is 3.00. The third kappa shape index (κ3) is 16.9. The normalized spacial score (nSPS) is 14.8. The van der Waals surface area contributed by atoms with Crippen molar-refractivity contribution in [1.82, 2.24) is 70.2 Å². The number of rotatable bonds is 25. The summed E-state index contributed by atoms with van der Waals surface area (Å²) in [5, 5.41) is 40.0. The maximum atomic E-state index is 13.0. The minimum atomic E-state index is -0.514. The highest BCUT2D eigenvalue weighted by atomic mass is 16.5. The zero-order valence-electron chi connectivity index (χ0n) is 56.7. The summed E-state index contributed by atoms with van der Waals surface area (Å²) in [5.41, 5.74) is 11.9. The largest absolute Gasteiger partial charge is 0.493 e. The highest BCUT2D eigenvalue weighted by Crippen LogP contribution is 2.38. The molecule has 28 nitrogen and oxygen atoms in total. The SMILES string of the molecule is CCCc1nn(C)c2c(=O)[nH]c(-c3cc(CC(=O)CO)ccc3OCC)nc12.CCCc1nn(C)c2c(=O)[nH]c(-c3cc(N4CCC(CCC(=O)NO)CC4)ccc3OCC)nc12.CCCc1nn(C)c2c(=O)[nH]c(-c3cc(OC4CCC(C(=O)NO)CC4)ccc3OCC)nc12. The molecule has 7 heterocycles. The van der Waals surface area contributed by atoms with Crippen LogP contribution in [-0.4, -0.2) is 138 Å². The predicted octanol–water partition coefficient (Wildman–Crippen LogP) is 8.07. The van der Waals surface area contributed by atoms with Crippen LogP contribution in [0.3, 0.4) is 0 Å². The van der Waals surface area contributed by atoms with Gasteiger partial charge in [0.2, 0.25) is 11.8 Å². The zero-order valence-corrected chi connectivity index (χ0v) is 56.7. The Kier molecular flexibility index (Phi) is 24.5. The average molecular weight is 1340 g/mol. The molecule has 518 valence electrons. The number of hydroxylamine groups is 2. The Hall–Kier alpha value is -9.80. The van der Waals surface area contributed by atoms with E-state index < -0.39 is 6.61 Å². The predicted molar refractivity (Wildman–Crippen MR) is 365 cm³/mol. The van der Waals surface area contributed by atoms with Crippen molar-refractivity contribution in [1.29, 1.82) is 0 Å². The van der Waals surface area contributed by atoms with E-state index in [0.29, 0.717) is 148 Å². The van der Waals surface area contributed by atoms with Gasteiger partial charge in [-0.3, -0.25) is 53.2 Å². The number of piperidine rings is 1. The fourth-order valence-corrected chi connectivity index (χ4v) is 12.6. The van der Waals surface area contributed by atoms with Gasteiger partial charge in [-0.1, -0.05) is 46.1 Å². The number of ketones is 1. The molecule has 0 unspecified atom stereocenters. The number of nitrogens with zero attached hydrogens (tertiary/aromatic N) is 10. The molecule has 0 radical (unpaired) electrons. The second-order valence-electron chi connectivity index (χ2n) is 24.2. The van der Waals surface area contributed by atoms with Crippen LogP contribution in [0.15, 0.2) is 69.0 Å². The van der Waals surface area contributed by atoms with E-state index >= 15 is 0 Å². The molecule has 0 bridgehead atoms. The summed E-state index contributed by atoms with van der Waals surface area (Å²) in [6, 6.07) is 16.8. The lowest BCUT2D eigenvalue weighted by Crippen LogP contribution is -2.34. The lowest BCUT2D eigenvalue weighted by molar-refractivity contribution is -0.135. The number of aromatic amines is 3. The van der Waals surface area contributed by atoms with Gasteiger partial charge in [0.25, 0.3) is 16.7 Å². The number of Topliss-reactive ketones (excluding diaryl/α,β-unsaturated/α-hetero) is 1. The fourth-order valence-electron chi connectivity index (χ4n) is 12.6. The maximum Gasteiger partial charge on any atom is 0.277 e. The van der Waals surface area contributed by atoms with Crippen LogP contribution >= 0.6 is 0 Å². The van der Waals surface area contributed by atoms with Gasteiger partial charge < -0.3 is 43.9 Å². The smallest absolute Gasteiger partial charge is 0.277 e. The number of fused-ring (bicyclic) bond motifs is 3. The molecule has 1 saturated carbocycles. The van der Waals surface area contributed by atoms with Crippen LogP contribution in [0.2, 0.25) is 0 Å². The van der Waals surface area contributed by atoms with E-state index in [1.54, 1.807) is 64.3 Å². The number of carbonyl (C=O) groups excluding carboxylic acids is 3. The number of aliphatic hydroxyl groups excluding tert-OH is 1. The number of aliphatic hydroxyl groups is 1. The van der Waals surface area contributed by atoms with Gasteiger partial charge in [0, 0.05) is 58.7 Å². The fraction of sp³-hybridized carbons (Fsp3) is 0.478. The van der Waals surface area contributed by atoms with Crippen LogP contribution in [0.5, 0.6) is 23.0 Å². The first-order chi connectivity index (χ1) is 46.9. The van der Waals surface area contributed by atoms with Crippen LogP contribution in [0.4, 0.5) is 5.69 Å². The van der Waals surface area contributed by atoms with Gasteiger partial charge in [0.15, 0.2) is 22.3 Å². The molecule has 1 saturated heterocycles. The molecule has 97 heavy (non-hydrogen) atoms. The van der Waals surface area contributed by atoms with Crippen LogP contribution in [0.1, 0.15) is 135 Å². The highest BCUT2D eigenvalue weighted by Gasteiger charge is 2.29. The Bertz CT molecular complexity index is 4420. The summed E-state index contributed by atoms with van der Waals surface area (Å²) in [6.45, 7) is 14.5. The molecule has 3 aromatic carbocycles. The number of nitrogens with one attached hydrogen (secondary N) is 5. The van der Waals surface area contributed by atoms with Crippen molar-refractivity contribution in [3.05, 3.63) is 108 Å². The first-order valence-electron chi connectivity index (χ1n) is 33.5. The molecule has 2 amide bonds. The maximum absolute atomic E-state index is 13.0. The number of anilines is 1. The van der Waals surface area contributed by atoms with E-state index in [2.05, 4.69) is 54.0 Å². The highest BCUT2D eigenvalue weighted by molar-refractivity contribution is 5.85. The lowest BCUT2D eigenvalue weighted by Gasteiger charge is -2.34. The minimum absolute atomic E-state index is 0.0440. The van der Waals surface area contributed by atoms with E-state index in [-0.39, 0.29) is 52.7 Å². The van der Waals surface area contributed by atoms with Crippen molar-refractivity contribution in [2.45, 2.75) is 144 Å². The van der Waals surface area contributed by atoms with E-state index in [1.165, 1.54) is 0 Å². The third-order valence-corrected chi connectivity index (χ3v) is 17.3. The van der Waals surface area contributed by atoms with Crippen molar-refractivity contribution in [2.24, 2.45) is 33.0 Å². The average Bonchev–Trinajstić information content (AvgIpc) is 1.69. The number of amides is 2. The second kappa shape index (κ2) is 33.2. The van der Waals surface area contributed by atoms with Crippen molar-refractivity contribution in [3.63, 3.8) is 0 Å². The quantitative estimate of drug-likeness (QED) is 0.0198. The van der Waals surface area contributed by atoms with Crippen LogP contribution in [0, 0.1) is 11.8 Å². The van der Waals surface area contributed by atoms with Gasteiger partial charge in [0.05, 0.1) is 59.7 Å². The standard InChI is InChI=1S/C25H34N6O4.C24H31N5O5.C20H24N4O4/c1-4-6-19-22-23(30(3)28-19)25(33)27-24(26-22)18-15-17(8-9-20(18)35-5-2)31-13-11-16(12-14-31)7-10-21(32)29-34;1-4-6-18-20-21(29(3)27-18)24(31)26-22(25-20)17-13-16(11-12-19(17)33-5-2)34-15-9-7-14(8-10-15)23(30)28-32;1-4-6-15-17-18(24(3)23-15)20(27)22-19(21-17)14-10-12(9-13(26)11-25)7-8-16(14)28-5-2/h8-9,15-16,34H,4-7,10-14H2,1-3H3,(H,29,32)(H,26,27,33);11-15,32H,4-10H2,1-3H3,(H,28,30)(H,25,26,31);7-8,10,25H,4-6,9,11H2,1-3H3,(H,21,22,27). The number of hydrogen-bond acceptors (Lipinski definition) is 20. The Morgan fingerprint density at radius 1 is 0.567 bits per heavy atom. The first-order valence-corrected chi connectivity index (χ1v) is 33.5. The molecular formula is C69H89N15O13. The number of hydrogen-bond donors (Lipinski definition) is 8. The molecule has 2 fully saturated rings. The Morgan fingerprint density at radius 3 is 1.44 bits per heavy atom. The first kappa shape index (κ1) is 71.5. The molecule has 9 aromatic rings. The number of aryl methyl sites for hydroxylation is 6. The van der Waals surface area contributed by atoms with Crippen LogP contribution < -0.4 is 51.5 Å². The summed E-state index contributed by atoms with van der Waals surface area (Å²) in [7, 11) is 5.24. The van der Waals surface area contributed by atoms with Gasteiger partial charge in [-0.15, -0.1) is 0 Å². The van der Waals surface area contributed by atoms with Crippen LogP contribution in [-0.2, 0) is 61.2 Å². The number of benzene rings is 3. The Morgan fingerprint density at radius 2 is 1.01 bits per heavy atom. The van der Waals surface area contributed by atoms with Crippen molar-refractivity contribution in [2.75, 3.05) is 44.4 Å². The van der Waals surface area contributed by atoms with E-state index in [1.807, 2.05) is 64.1 Å². The summed E-state index contributed by atoms with van der Waals surface area (Å²) < 4.78 is 28.3. The Balaban J connectivity index is 0.000000172. The number of H-pyrrole nitrogens is 3. The van der Waals surface area contributed by atoms with Gasteiger partial charge in [-0.25, -0.2) is 25.9 Å². The van der Waals surface area contributed by atoms with Gasteiger partial charge in [-0.2, -0.15) is 15.3 Å². The summed E-state index contributed by atoms with van der Waals surface area (Å²) in [6.07, 6.45) is 10.7. The monoisotopic (exact) mass is 1340 g/mol. The van der Waals surface area contributed by atoms with Crippen molar-refractivity contribution >= 4 is 56.4 Å². The topological polar surface area (TPSA) is 367 Å². The molecule has 8 N–H and O–H groups in total. The molecule has 2 aliphatic rings. The van der Waals surface area contributed by atoms with E-state index in [4.69, 9.17) is 44.4 Å². The summed E-state index contributed by atoms with van der Waals surface area (Å²) in [4.78, 5) is 98.5. The second-order valence-corrected chi connectivity index (χ2v) is 24.2. The minimum Gasteiger partial charge on any atom is -0.493 e. The molecule has 28 heteroatoms. The number of carbonyl (C=O) groups is 3. The van der Waals surface area contributed by atoms with Crippen LogP contribution in [0.25, 0.3) is 67.3 Å². The Labute approximate surface area is 560 Å². The number of aromatic nitrogens is 12. The molecule has 0 spiro atoms. The van der Waals surface area contributed by atoms with Crippen molar-refractivity contribution < 1.29 is 48.9 Å². The zero-order chi connectivity index (χ0) is 69.4. The molecule has 1 aliphatic carbocycles. The number of ether oxygens (including phenoxy) is 4. The van der Waals surface area contributed by atoms with Gasteiger partial charge >= 0.3 is 0 Å². The lowest BCUT2D eigenvalue weighted by atomic mass is 9.87. The van der Waals surface area contributed by atoms with E-state index in [9.17, 15) is 28.8 Å². The van der Waals surface area contributed by atoms with Gasteiger partial charge in [-0.05, 0) is 145 Å². The van der Waals surface area contributed by atoms with Gasteiger partial charge in [0.1, 0.15) is 63.6 Å². The molecular weight excluding hydrogens is 1250 g/mol. The van der Waals surface area contributed by atoms with E-state index in [0.717, 1.165) is 99.2 Å². The molecule has 11 rings (SSSR count). The summed E-state index contributed by atoms with van der Waals surface area (Å²) >= 11 is 0.